The molecule has 0 radical (unpaired) electrons. The summed E-state index contributed by atoms with van der Waals surface area (Å²) in [6, 6.07) is 9.23. The van der Waals surface area contributed by atoms with Gasteiger partial charge in [-0.3, -0.25) is 0 Å². The van der Waals surface area contributed by atoms with Gasteiger partial charge in [0.25, 0.3) is 0 Å². The second-order valence-electron chi connectivity index (χ2n) is 17.8. The third-order valence-electron chi connectivity index (χ3n) is 14.7. The molecule has 0 N–H and O–H groups in total. The SMILES string of the molecule is CC1(C)c2ccccc2C2C=CC(N(C3=CCC(C4(C5=CCCC=C5)C5=C(CCC=C5)C5=C4CCC=C5)C=C3)C3=CC(C4=CCCCC4)CCC3)=CC21. The number of rotatable bonds is 6. The van der Waals surface area contributed by atoms with Gasteiger partial charge in [-0.25, -0.2) is 0 Å². The largest absolute Gasteiger partial charge is 0.315 e. The van der Waals surface area contributed by atoms with Crippen molar-refractivity contribution in [1.29, 1.82) is 0 Å². The van der Waals surface area contributed by atoms with Crippen molar-refractivity contribution in [1.82, 2.24) is 4.90 Å². The predicted molar refractivity (Wildman–Crippen MR) is 222 cm³/mol. The van der Waals surface area contributed by atoms with E-state index in [0.717, 1.165) is 38.5 Å². The molecule has 9 aliphatic rings. The second-order valence-corrected chi connectivity index (χ2v) is 17.8. The predicted octanol–water partition coefficient (Wildman–Crippen LogP) is 13.6. The van der Waals surface area contributed by atoms with Crippen LogP contribution >= 0.6 is 0 Å². The molecule has 0 aromatic heterocycles. The average molecular weight is 696 g/mol. The van der Waals surface area contributed by atoms with Crippen molar-refractivity contribution in [3.8, 4) is 0 Å². The molecule has 0 aliphatic heterocycles. The van der Waals surface area contributed by atoms with Crippen LogP contribution in [0.25, 0.3) is 0 Å². The van der Waals surface area contributed by atoms with Crippen LogP contribution in [0.3, 0.4) is 0 Å². The highest BCUT2D eigenvalue weighted by Crippen LogP contribution is 2.63. The third kappa shape index (κ3) is 5.31. The van der Waals surface area contributed by atoms with E-state index in [1.54, 1.807) is 33.4 Å². The van der Waals surface area contributed by atoms with Gasteiger partial charge >= 0.3 is 0 Å². The molecule has 10 rings (SSSR count). The molecule has 1 aromatic rings. The van der Waals surface area contributed by atoms with Gasteiger partial charge in [-0.2, -0.15) is 0 Å². The van der Waals surface area contributed by atoms with Crippen LogP contribution in [-0.4, -0.2) is 4.90 Å². The molecule has 0 saturated carbocycles. The number of benzene rings is 1. The molecule has 0 spiro atoms. The molecule has 1 heteroatoms. The number of fused-ring (bicyclic) bond motifs is 4. The van der Waals surface area contributed by atoms with Crippen molar-refractivity contribution in [3.05, 3.63) is 177 Å². The lowest BCUT2D eigenvalue weighted by atomic mass is 9.58. The highest BCUT2D eigenvalue weighted by atomic mass is 15.2. The van der Waals surface area contributed by atoms with Gasteiger partial charge < -0.3 is 4.90 Å². The topological polar surface area (TPSA) is 3.24 Å². The molecule has 0 bridgehead atoms. The Kier molecular flexibility index (Phi) is 8.42. The maximum absolute atomic E-state index is 2.72. The van der Waals surface area contributed by atoms with Crippen molar-refractivity contribution in [2.45, 2.75) is 115 Å². The van der Waals surface area contributed by atoms with E-state index in [2.05, 4.69) is 134 Å². The van der Waals surface area contributed by atoms with Gasteiger partial charge in [-0.15, -0.1) is 0 Å². The lowest BCUT2D eigenvalue weighted by Gasteiger charge is -2.45. The molecule has 5 atom stereocenters. The zero-order valence-corrected chi connectivity index (χ0v) is 32.1. The summed E-state index contributed by atoms with van der Waals surface area (Å²) in [7, 11) is 0. The highest BCUT2D eigenvalue weighted by Gasteiger charge is 2.52. The standard InChI is InChI=1S/C52H57N/c1-51(2)47-25-12-9-22-43(47)46-33-32-42(35-50(46)51)53(41-21-15-18-37(34-41)36-16-5-3-6-17-36)40-30-28-39(29-31-40)52(38-19-7-4-8-20-38)48-26-13-10-23-44(48)45-24-11-14-27-49(45)52/h7,9-10,12,14,16,19-20,22-23,25,27-28,30-35,37,39,46,50H,3-6,8,11,13,15,17-18,21,24,26,29H2,1-2H3. The fourth-order valence-corrected chi connectivity index (χ4v) is 12.2. The Bertz CT molecular complexity index is 2090. The van der Waals surface area contributed by atoms with Crippen LogP contribution in [0.15, 0.2) is 166 Å². The van der Waals surface area contributed by atoms with Crippen LogP contribution in [0.1, 0.15) is 121 Å². The number of nitrogens with zero attached hydrogens (tertiary/aromatic N) is 1. The van der Waals surface area contributed by atoms with Crippen LogP contribution in [-0.2, 0) is 5.41 Å². The van der Waals surface area contributed by atoms with Crippen molar-refractivity contribution >= 4 is 0 Å². The minimum atomic E-state index is -0.0633. The molecule has 53 heavy (non-hydrogen) atoms. The Balaban J connectivity index is 1.06. The Hall–Kier alpha value is -4.10. The first kappa shape index (κ1) is 33.5. The van der Waals surface area contributed by atoms with E-state index in [-0.39, 0.29) is 10.8 Å². The molecule has 0 saturated heterocycles. The maximum atomic E-state index is 2.72. The van der Waals surface area contributed by atoms with Gasteiger partial charge in [0.2, 0.25) is 0 Å². The van der Waals surface area contributed by atoms with E-state index in [1.807, 2.05) is 0 Å². The van der Waals surface area contributed by atoms with Crippen LogP contribution < -0.4 is 0 Å². The first-order valence-corrected chi connectivity index (χ1v) is 21.3. The minimum Gasteiger partial charge on any atom is -0.315 e. The summed E-state index contributed by atoms with van der Waals surface area (Å²) in [5.41, 5.74) is 17.1. The van der Waals surface area contributed by atoms with E-state index in [9.17, 15) is 0 Å². The Morgan fingerprint density at radius 1 is 0.698 bits per heavy atom. The van der Waals surface area contributed by atoms with Crippen LogP contribution in [0.4, 0.5) is 0 Å². The van der Waals surface area contributed by atoms with Crippen molar-refractivity contribution in [2.75, 3.05) is 0 Å². The molecule has 1 nitrogen and oxygen atoms in total. The third-order valence-corrected chi connectivity index (χ3v) is 14.7. The molecule has 0 heterocycles. The summed E-state index contributed by atoms with van der Waals surface area (Å²) in [5, 5.41) is 0. The Labute approximate surface area is 319 Å². The molecule has 1 aromatic carbocycles. The zero-order valence-electron chi connectivity index (χ0n) is 32.1. The smallest absolute Gasteiger partial charge is 0.0485 e. The molecule has 270 valence electrons. The van der Waals surface area contributed by atoms with Gasteiger partial charge in [-0.05, 0) is 164 Å². The summed E-state index contributed by atoms with van der Waals surface area (Å²) in [6.45, 7) is 4.96. The fraction of sp³-hybridized carbons (Fsp3) is 0.423. The molecule has 0 fully saturated rings. The Morgan fingerprint density at radius 2 is 1.57 bits per heavy atom. The molecular formula is C52H57N. The zero-order chi connectivity index (χ0) is 35.6. The average Bonchev–Trinajstić information content (AvgIpc) is 3.65. The van der Waals surface area contributed by atoms with Gasteiger partial charge in [-0.1, -0.05) is 123 Å². The fourth-order valence-electron chi connectivity index (χ4n) is 12.2. The summed E-state index contributed by atoms with van der Waals surface area (Å²) in [5.74, 6) is 1.88. The van der Waals surface area contributed by atoms with Crippen molar-refractivity contribution in [2.24, 2.45) is 23.2 Å². The number of hydrogen-bond acceptors (Lipinski definition) is 1. The summed E-state index contributed by atoms with van der Waals surface area (Å²) in [4.78, 5) is 2.72. The van der Waals surface area contributed by atoms with Crippen molar-refractivity contribution < 1.29 is 0 Å². The highest BCUT2D eigenvalue weighted by molar-refractivity contribution is 5.69. The number of allylic oxidation sites excluding steroid dienone is 22. The molecule has 9 aliphatic carbocycles. The normalized spacial score (nSPS) is 32.3. The summed E-state index contributed by atoms with van der Waals surface area (Å²) in [6.07, 6.45) is 55.3. The number of hydrogen-bond donors (Lipinski definition) is 0. The van der Waals surface area contributed by atoms with Gasteiger partial charge in [0.1, 0.15) is 0 Å². The lowest BCUT2D eigenvalue weighted by Crippen LogP contribution is -2.36. The second kappa shape index (κ2) is 13.3. The van der Waals surface area contributed by atoms with Crippen LogP contribution in [0.5, 0.6) is 0 Å². The van der Waals surface area contributed by atoms with E-state index in [0.29, 0.717) is 23.7 Å². The van der Waals surface area contributed by atoms with E-state index in [4.69, 9.17) is 0 Å². The summed E-state index contributed by atoms with van der Waals surface area (Å²) < 4.78 is 0. The minimum absolute atomic E-state index is 0.0633. The lowest BCUT2D eigenvalue weighted by molar-refractivity contribution is 0.365. The molecule has 5 unspecified atom stereocenters. The maximum Gasteiger partial charge on any atom is 0.0485 e. The first-order chi connectivity index (χ1) is 26.0. The monoisotopic (exact) mass is 695 g/mol. The Morgan fingerprint density at radius 3 is 2.42 bits per heavy atom. The quantitative estimate of drug-likeness (QED) is 0.268. The molecule has 0 amide bonds. The van der Waals surface area contributed by atoms with Gasteiger partial charge in [0.05, 0.1) is 0 Å². The molecular weight excluding hydrogens is 639 g/mol. The van der Waals surface area contributed by atoms with E-state index < -0.39 is 0 Å². The van der Waals surface area contributed by atoms with E-state index in [1.165, 1.54) is 79.6 Å². The summed E-state index contributed by atoms with van der Waals surface area (Å²) >= 11 is 0. The van der Waals surface area contributed by atoms with Crippen LogP contribution in [0, 0.1) is 23.2 Å². The van der Waals surface area contributed by atoms with Crippen molar-refractivity contribution in [3.63, 3.8) is 0 Å². The van der Waals surface area contributed by atoms with Gasteiger partial charge in [0.15, 0.2) is 0 Å². The van der Waals surface area contributed by atoms with Crippen LogP contribution in [0.2, 0.25) is 0 Å². The van der Waals surface area contributed by atoms with Gasteiger partial charge in [0, 0.05) is 28.4 Å². The first-order valence-electron chi connectivity index (χ1n) is 21.3. The van der Waals surface area contributed by atoms with E-state index >= 15 is 0 Å².